The van der Waals surface area contributed by atoms with E-state index in [1.807, 2.05) is 6.07 Å². The topological polar surface area (TPSA) is 94.9 Å². The van der Waals surface area contributed by atoms with E-state index in [1.165, 1.54) is 0 Å². The summed E-state index contributed by atoms with van der Waals surface area (Å²) in [6, 6.07) is 3.63. The van der Waals surface area contributed by atoms with Crippen LogP contribution in [0.25, 0.3) is 10.9 Å². The van der Waals surface area contributed by atoms with Crippen molar-refractivity contribution in [2.45, 2.75) is 24.6 Å². The number of fused-ring (bicyclic) bond motifs is 1. The molecule has 0 bridgehead atoms. The van der Waals surface area contributed by atoms with Crippen LogP contribution in [0.4, 0.5) is 0 Å². The second kappa shape index (κ2) is 5.75. The standard InChI is InChI=1S/C13H13BrClNO5/c14-5-1-2-6-9(10(5)15)8(3-16-6)21-13-12(19)11(18)7(17)4-20-13/h1-3,7,11-13,16-19H,4H2/t7-,11-,12-,13-/m1/s1. The van der Waals surface area contributed by atoms with Crippen molar-refractivity contribution in [3.05, 3.63) is 27.8 Å². The van der Waals surface area contributed by atoms with Crippen LogP contribution in [0.1, 0.15) is 0 Å². The normalized spacial score (nSPS) is 29.8. The molecule has 0 radical (unpaired) electrons. The highest BCUT2D eigenvalue weighted by Crippen LogP contribution is 2.37. The first-order valence-electron chi connectivity index (χ1n) is 6.26. The minimum absolute atomic E-state index is 0.122. The van der Waals surface area contributed by atoms with Gasteiger partial charge in [-0.3, -0.25) is 0 Å². The molecule has 6 nitrogen and oxygen atoms in total. The average molecular weight is 379 g/mol. The van der Waals surface area contributed by atoms with Gasteiger partial charge in [0.05, 0.1) is 22.5 Å². The van der Waals surface area contributed by atoms with Crippen LogP contribution in [0.5, 0.6) is 5.75 Å². The van der Waals surface area contributed by atoms with E-state index < -0.39 is 24.6 Å². The molecule has 2 aromatic rings. The monoisotopic (exact) mass is 377 g/mol. The quantitative estimate of drug-likeness (QED) is 0.634. The smallest absolute Gasteiger partial charge is 0.229 e. The van der Waals surface area contributed by atoms with Gasteiger partial charge in [0.1, 0.15) is 24.1 Å². The van der Waals surface area contributed by atoms with Crippen LogP contribution >= 0.6 is 27.5 Å². The Bertz CT molecular complexity index is 663. The van der Waals surface area contributed by atoms with Crippen LogP contribution in [0.15, 0.2) is 22.8 Å². The summed E-state index contributed by atoms with van der Waals surface area (Å²) in [6.45, 7) is -0.122. The maximum atomic E-state index is 9.89. The van der Waals surface area contributed by atoms with E-state index >= 15 is 0 Å². The molecule has 0 spiro atoms. The summed E-state index contributed by atoms with van der Waals surface area (Å²) in [7, 11) is 0. The molecule has 8 heteroatoms. The van der Waals surface area contributed by atoms with Crippen LogP contribution in [-0.2, 0) is 4.74 Å². The number of aliphatic hydroxyl groups excluding tert-OH is 3. The van der Waals surface area contributed by atoms with E-state index in [4.69, 9.17) is 21.1 Å². The molecule has 1 aromatic heterocycles. The summed E-state index contributed by atoms with van der Waals surface area (Å²) in [6.07, 6.45) is -3.31. The number of halogens is 2. The molecular formula is C13H13BrClNO5. The lowest BCUT2D eigenvalue weighted by Gasteiger charge is -2.34. The number of aliphatic hydroxyl groups is 3. The molecule has 4 atom stereocenters. The fraction of sp³-hybridized carbons (Fsp3) is 0.385. The largest absolute Gasteiger partial charge is 0.460 e. The molecule has 1 aliphatic rings. The minimum Gasteiger partial charge on any atom is -0.460 e. The maximum Gasteiger partial charge on any atom is 0.229 e. The van der Waals surface area contributed by atoms with Crippen molar-refractivity contribution in [1.82, 2.24) is 4.98 Å². The molecule has 2 heterocycles. The third-order valence-corrected chi connectivity index (χ3v) is 4.68. The van der Waals surface area contributed by atoms with E-state index in [9.17, 15) is 15.3 Å². The van der Waals surface area contributed by atoms with Crippen molar-refractivity contribution in [2.75, 3.05) is 6.61 Å². The second-order valence-electron chi connectivity index (χ2n) is 4.80. The summed E-state index contributed by atoms with van der Waals surface area (Å²) in [5.74, 6) is 0.393. The number of ether oxygens (including phenoxy) is 2. The minimum atomic E-state index is -1.36. The summed E-state index contributed by atoms with van der Waals surface area (Å²) >= 11 is 9.57. The predicted molar refractivity (Wildman–Crippen MR) is 79.4 cm³/mol. The first kappa shape index (κ1) is 15.1. The maximum absolute atomic E-state index is 9.89. The Kier molecular flexibility index (Phi) is 4.13. The fourth-order valence-electron chi connectivity index (χ4n) is 2.23. The van der Waals surface area contributed by atoms with E-state index in [-0.39, 0.29) is 6.61 Å². The fourth-order valence-corrected chi connectivity index (χ4v) is 2.82. The van der Waals surface area contributed by atoms with Gasteiger partial charge in [-0.2, -0.15) is 0 Å². The van der Waals surface area contributed by atoms with E-state index in [2.05, 4.69) is 20.9 Å². The summed E-state index contributed by atoms with van der Waals surface area (Å²) in [5, 5.41) is 30.1. The lowest BCUT2D eigenvalue weighted by atomic mass is 10.1. The van der Waals surface area contributed by atoms with Gasteiger partial charge in [0.15, 0.2) is 0 Å². The SMILES string of the molecule is O[C@H]1[C@@H](Oc2c[nH]c3ccc(Br)c(Cl)c23)OC[C@@H](O)[C@H]1O. The molecule has 4 N–H and O–H groups in total. The van der Waals surface area contributed by atoms with Gasteiger partial charge in [-0.25, -0.2) is 0 Å². The number of hydrogen-bond acceptors (Lipinski definition) is 5. The molecule has 1 aromatic carbocycles. The Morgan fingerprint density at radius 1 is 1.29 bits per heavy atom. The van der Waals surface area contributed by atoms with Gasteiger partial charge in [0.25, 0.3) is 0 Å². The molecule has 114 valence electrons. The number of rotatable bonds is 2. The molecule has 0 saturated carbocycles. The second-order valence-corrected chi connectivity index (χ2v) is 6.04. The van der Waals surface area contributed by atoms with Crippen molar-refractivity contribution in [2.24, 2.45) is 0 Å². The van der Waals surface area contributed by atoms with E-state index in [1.54, 1.807) is 12.3 Å². The summed E-state index contributed by atoms with van der Waals surface area (Å²) < 4.78 is 11.5. The zero-order valence-corrected chi connectivity index (χ0v) is 13.0. The lowest BCUT2D eigenvalue weighted by Crippen LogP contribution is -2.54. The summed E-state index contributed by atoms with van der Waals surface area (Å²) in [4.78, 5) is 3.00. The van der Waals surface area contributed by atoms with E-state index in [0.717, 1.165) is 5.52 Å². The van der Waals surface area contributed by atoms with Crippen molar-refractivity contribution in [3.8, 4) is 5.75 Å². The molecule has 1 aliphatic heterocycles. The van der Waals surface area contributed by atoms with E-state index in [0.29, 0.717) is 20.6 Å². The van der Waals surface area contributed by atoms with Gasteiger partial charge in [0.2, 0.25) is 6.29 Å². The Hall–Kier alpha value is -0.830. The van der Waals surface area contributed by atoms with Crippen LogP contribution in [0.2, 0.25) is 5.02 Å². The lowest BCUT2D eigenvalue weighted by molar-refractivity contribution is -0.241. The van der Waals surface area contributed by atoms with Gasteiger partial charge in [-0.05, 0) is 28.1 Å². The average Bonchev–Trinajstić information content (AvgIpc) is 2.87. The number of aromatic amines is 1. The Labute approximate surface area is 133 Å². The highest BCUT2D eigenvalue weighted by atomic mass is 79.9. The van der Waals surface area contributed by atoms with Gasteiger partial charge in [0, 0.05) is 10.7 Å². The van der Waals surface area contributed by atoms with Crippen LogP contribution in [0.3, 0.4) is 0 Å². The highest BCUT2D eigenvalue weighted by molar-refractivity contribution is 9.10. The Morgan fingerprint density at radius 2 is 2.05 bits per heavy atom. The van der Waals surface area contributed by atoms with Crippen molar-refractivity contribution in [3.63, 3.8) is 0 Å². The number of benzene rings is 1. The third-order valence-electron chi connectivity index (χ3n) is 3.40. The predicted octanol–water partition coefficient (Wildman–Crippen LogP) is 1.40. The molecular weight excluding hydrogens is 366 g/mol. The summed E-state index contributed by atoms with van der Waals surface area (Å²) in [5.41, 5.74) is 0.768. The zero-order valence-electron chi connectivity index (χ0n) is 10.7. The third kappa shape index (κ3) is 2.65. The molecule has 0 amide bonds. The number of hydrogen-bond donors (Lipinski definition) is 4. The zero-order chi connectivity index (χ0) is 15.1. The first-order valence-corrected chi connectivity index (χ1v) is 7.43. The van der Waals surface area contributed by atoms with Crippen LogP contribution < -0.4 is 4.74 Å². The van der Waals surface area contributed by atoms with Gasteiger partial charge >= 0.3 is 0 Å². The molecule has 3 rings (SSSR count). The van der Waals surface area contributed by atoms with Crippen molar-refractivity contribution >= 4 is 38.4 Å². The van der Waals surface area contributed by atoms with Crippen molar-refractivity contribution < 1.29 is 24.8 Å². The molecule has 0 unspecified atom stereocenters. The Morgan fingerprint density at radius 3 is 2.81 bits per heavy atom. The number of H-pyrrole nitrogens is 1. The van der Waals surface area contributed by atoms with Crippen LogP contribution in [0, 0.1) is 0 Å². The highest BCUT2D eigenvalue weighted by Gasteiger charge is 2.39. The van der Waals surface area contributed by atoms with Gasteiger partial charge in [-0.15, -0.1) is 0 Å². The van der Waals surface area contributed by atoms with Gasteiger partial charge in [-0.1, -0.05) is 11.6 Å². The molecule has 1 fully saturated rings. The Balaban J connectivity index is 1.90. The van der Waals surface area contributed by atoms with Gasteiger partial charge < -0.3 is 29.8 Å². The number of aromatic nitrogens is 1. The first-order chi connectivity index (χ1) is 9.99. The molecule has 1 saturated heterocycles. The van der Waals surface area contributed by atoms with Crippen molar-refractivity contribution in [1.29, 1.82) is 0 Å². The molecule has 21 heavy (non-hydrogen) atoms. The number of nitrogens with one attached hydrogen (secondary N) is 1. The molecule has 0 aliphatic carbocycles. The van der Waals surface area contributed by atoms with Crippen LogP contribution in [-0.4, -0.2) is 51.5 Å².